The number of rotatable bonds is 5. The third-order valence-electron chi connectivity index (χ3n) is 4.11. The van der Waals surface area contributed by atoms with Gasteiger partial charge in [-0.2, -0.15) is 0 Å². The maximum atomic E-state index is 11.8. The van der Waals surface area contributed by atoms with Crippen molar-refractivity contribution < 1.29 is 19.1 Å². The average Bonchev–Trinajstić information content (AvgIpc) is 2.89. The SMILES string of the molecule is N[C@H]1C[C@H](N2CCC(=O)NC2=O)O[C@@H]1COCc1ccccc1. The van der Waals surface area contributed by atoms with Crippen molar-refractivity contribution in [1.29, 1.82) is 0 Å². The van der Waals surface area contributed by atoms with E-state index in [1.165, 1.54) is 4.90 Å². The number of carbonyl (C=O) groups excluding carboxylic acids is 2. The van der Waals surface area contributed by atoms with Crippen LogP contribution in [0, 0.1) is 0 Å². The molecule has 2 fully saturated rings. The Labute approximate surface area is 134 Å². The van der Waals surface area contributed by atoms with E-state index in [4.69, 9.17) is 15.2 Å². The smallest absolute Gasteiger partial charge is 0.326 e. The predicted molar refractivity (Wildman–Crippen MR) is 82.2 cm³/mol. The summed E-state index contributed by atoms with van der Waals surface area (Å²) in [6, 6.07) is 9.26. The maximum Gasteiger partial charge on any atom is 0.326 e. The average molecular weight is 319 g/mol. The molecule has 2 heterocycles. The first-order valence-corrected chi connectivity index (χ1v) is 7.76. The number of hydrogen-bond donors (Lipinski definition) is 2. The van der Waals surface area contributed by atoms with Crippen molar-refractivity contribution in [2.24, 2.45) is 5.73 Å². The maximum absolute atomic E-state index is 11.8. The van der Waals surface area contributed by atoms with Crippen LogP contribution in [-0.2, 0) is 20.9 Å². The Morgan fingerprint density at radius 1 is 1.30 bits per heavy atom. The summed E-state index contributed by atoms with van der Waals surface area (Å²) >= 11 is 0. The summed E-state index contributed by atoms with van der Waals surface area (Å²) in [5.41, 5.74) is 7.19. The summed E-state index contributed by atoms with van der Waals surface area (Å²) in [6.45, 7) is 1.23. The molecule has 2 saturated heterocycles. The van der Waals surface area contributed by atoms with Gasteiger partial charge in [0.05, 0.1) is 19.3 Å². The van der Waals surface area contributed by atoms with E-state index in [0.29, 0.717) is 26.2 Å². The van der Waals surface area contributed by atoms with Crippen LogP contribution in [0.3, 0.4) is 0 Å². The molecule has 1 aromatic rings. The summed E-state index contributed by atoms with van der Waals surface area (Å²) in [5.74, 6) is -0.253. The van der Waals surface area contributed by atoms with E-state index < -0.39 is 12.3 Å². The highest BCUT2D eigenvalue weighted by Gasteiger charge is 2.39. The highest BCUT2D eigenvalue weighted by molar-refractivity contribution is 5.96. The minimum atomic E-state index is -0.413. The summed E-state index contributed by atoms with van der Waals surface area (Å²) in [6.07, 6.45) is 0.175. The van der Waals surface area contributed by atoms with Crippen LogP contribution in [0.5, 0.6) is 0 Å². The third-order valence-corrected chi connectivity index (χ3v) is 4.11. The molecule has 2 aliphatic heterocycles. The molecule has 2 aliphatic rings. The van der Waals surface area contributed by atoms with Crippen molar-refractivity contribution in [3.63, 3.8) is 0 Å². The summed E-state index contributed by atoms with van der Waals surface area (Å²) in [7, 11) is 0. The van der Waals surface area contributed by atoms with Gasteiger partial charge < -0.3 is 15.2 Å². The number of nitrogens with two attached hydrogens (primary N) is 1. The van der Waals surface area contributed by atoms with Crippen molar-refractivity contribution in [2.45, 2.75) is 37.8 Å². The normalized spacial score (nSPS) is 28.0. The van der Waals surface area contributed by atoms with E-state index in [9.17, 15) is 9.59 Å². The van der Waals surface area contributed by atoms with Gasteiger partial charge >= 0.3 is 6.03 Å². The third kappa shape index (κ3) is 3.87. The summed E-state index contributed by atoms with van der Waals surface area (Å²) < 4.78 is 11.5. The van der Waals surface area contributed by atoms with Crippen LogP contribution in [0.15, 0.2) is 30.3 Å². The lowest BCUT2D eigenvalue weighted by Crippen LogP contribution is -2.53. The van der Waals surface area contributed by atoms with Crippen molar-refractivity contribution >= 4 is 11.9 Å². The molecule has 0 radical (unpaired) electrons. The monoisotopic (exact) mass is 319 g/mol. The standard InChI is InChI=1S/C16H21N3O4/c17-12-8-15(19-7-6-14(20)18-16(19)21)23-13(12)10-22-9-11-4-2-1-3-5-11/h1-5,12-13,15H,6-10,17H2,(H,18,20,21)/t12-,13+,15+/m0/s1. The molecule has 3 N–H and O–H groups in total. The van der Waals surface area contributed by atoms with Crippen LogP contribution < -0.4 is 11.1 Å². The van der Waals surface area contributed by atoms with E-state index in [1.54, 1.807) is 0 Å². The number of hydrogen-bond acceptors (Lipinski definition) is 5. The Kier molecular flexibility index (Phi) is 4.90. The van der Waals surface area contributed by atoms with E-state index >= 15 is 0 Å². The Balaban J connectivity index is 1.48. The van der Waals surface area contributed by atoms with Gasteiger partial charge in [-0.05, 0) is 5.56 Å². The number of carbonyl (C=O) groups is 2. The quantitative estimate of drug-likeness (QED) is 0.828. The lowest BCUT2D eigenvalue weighted by atomic mass is 10.1. The molecular formula is C16H21N3O4. The first-order chi connectivity index (χ1) is 11.1. The Morgan fingerprint density at radius 2 is 2.09 bits per heavy atom. The molecule has 0 bridgehead atoms. The molecule has 3 rings (SSSR count). The fourth-order valence-corrected chi connectivity index (χ4v) is 2.83. The van der Waals surface area contributed by atoms with Gasteiger partial charge in [-0.3, -0.25) is 15.0 Å². The molecule has 124 valence electrons. The fraction of sp³-hybridized carbons (Fsp3) is 0.500. The second kappa shape index (κ2) is 7.08. The van der Waals surface area contributed by atoms with Crippen molar-refractivity contribution in [3.8, 4) is 0 Å². The largest absolute Gasteiger partial charge is 0.374 e. The van der Waals surface area contributed by atoms with Gasteiger partial charge in [-0.15, -0.1) is 0 Å². The molecule has 23 heavy (non-hydrogen) atoms. The van der Waals surface area contributed by atoms with Gasteiger partial charge in [0, 0.05) is 25.4 Å². The number of ether oxygens (including phenoxy) is 2. The number of amides is 3. The number of imide groups is 1. The van der Waals surface area contributed by atoms with Crippen LogP contribution in [0.25, 0.3) is 0 Å². The van der Waals surface area contributed by atoms with Gasteiger partial charge in [0.25, 0.3) is 0 Å². The Bertz CT molecular complexity index is 566. The van der Waals surface area contributed by atoms with Crippen LogP contribution in [-0.4, -0.2) is 48.4 Å². The highest BCUT2D eigenvalue weighted by atomic mass is 16.6. The lowest BCUT2D eigenvalue weighted by molar-refractivity contribution is -0.124. The predicted octanol–water partition coefficient (Wildman–Crippen LogP) is 0.587. The van der Waals surface area contributed by atoms with E-state index in [1.807, 2.05) is 30.3 Å². The van der Waals surface area contributed by atoms with E-state index in [-0.39, 0.29) is 24.5 Å². The number of nitrogens with one attached hydrogen (secondary N) is 1. The van der Waals surface area contributed by atoms with Crippen LogP contribution in [0.2, 0.25) is 0 Å². The van der Waals surface area contributed by atoms with Gasteiger partial charge in [0.1, 0.15) is 6.23 Å². The lowest BCUT2D eigenvalue weighted by Gasteiger charge is -2.31. The topological polar surface area (TPSA) is 93.9 Å². The first kappa shape index (κ1) is 15.9. The minimum Gasteiger partial charge on any atom is -0.374 e. The van der Waals surface area contributed by atoms with Crippen LogP contribution >= 0.6 is 0 Å². The van der Waals surface area contributed by atoms with Gasteiger partial charge in [-0.25, -0.2) is 4.79 Å². The summed E-state index contributed by atoms with van der Waals surface area (Å²) in [4.78, 5) is 24.6. The number of benzene rings is 1. The zero-order valence-corrected chi connectivity index (χ0v) is 12.8. The van der Waals surface area contributed by atoms with Gasteiger partial charge in [0.15, 0.2) is 0 Å². The summed E-state index contributed by atoms with van der Waals surface area (Å²) in [5, 5.41) is 2.30. The van der Waals surface area contributed by atoms with Crippen molar-refractivity contribution in [2.75, 3.05) is 13.2 Å². The van der Waals surface area contributed by atoms with Crippen molar-refractivity contribution in [3.05, 3.63) is 35.9 Å². The highest BCUT2D eigenvalue weighted by Crippen LogP contribution is 2.24. The first-order valence-electron chi connectivity index (χ1n) is 7.76. The second-order valence-corrected chi connectivity index (χ2v) is 5.83. The minimum absolute atomic E-state index is 0.193. The molecule has 1 aromatic carbocycles. The molecule has 0 spiro atoms. The van der Waals surface area contributed by atoms with Crippen LogP contribution in [0.4, 0.5) is 4.79 Å². The Hall–Kier alpha value is -1.96. The molecule has 7 nitrogen and oxygen atoms in total. The second-order valence-electron chi connectivity index (χ2n) is 5.83. The number of nitrogens with zero attached hydrogens (tertiary/aromatic N) is 1. The zero-order valence-electron chi connectivity index (χ0n) is 12.8. The molecule has 0 aromatic heterocycles. The fourth-order valence-electron chi connectivity index (χ4n) is 2.83. The zero-order chi connectivity index (χ0) is 16.2. The van der Waals surface area contributed by atoms with Gasteiger partial charge in [-0.1, -0.05) is 30.3 Å². The van der Waals surface area contributed by atoms with Crippen molar-refractivity contribution in [1.82, 2.24) is 10.2 Å². The molecule has 0 unspecified atom stereocenters. The molecule has 7 heteroatoms. The molecule has 0 aliphatic carbocycles. The molecule has 3 amide bonds. The number of urea groups is 1. The van der Waals surface area contributed by atoms with E-state index in [0.717, 1.165) is 5.56 Å². The molecule has 0 saturated carbocycles. The van der Waals surface area contributed by atoms with E-state index in [2.05, 4.69) is 5.32 Å². The molecular weight excluding hydrogens is 298 g/mol. The Morgan fingerprint density at radius 3 is 2.83 bits per heavy atom. The van der Waals surface area contributed by atoms with Gasteiger partial charge in [0.2, 0.25) is 5.91 Å². The molecule has 3 atom stereocenters. The van der Waals surface area contributed by atoms with Crippen LogP contribution in [0.1, 0.15) is 18.4 Å².